The summed E-state index contributed by atoms with van der Waals surface area (Å²) in [6, 6.07) is 2.44. The highest BCUT2D eigenvalue weighted by molar-refractivity contribution is 5.80. The summed E-state index contributed by atoms with van der Waals surface area (Å²) in [6.07, 6.45) is -11.1. The third-order valence-electron chi connectivity index (χ3n) is 5.82. The third-order valence-corrected chi connectivity index (χ3v) is 5.82. The molecule has 3 N–H and O–H groups in total. The van der Waals surface area contributed by atoms with Gasteiger partial charge >= 0.3 is 6.18 Å². The van der Waals surface area contributed by atoms with Crippen LogP contribution in [0.2, 0.25) is 0 Å². The summed E-state index contributed by atoms with van der Waals surface area (Å²) < 4.78 is 91.3. The van der Waals surface area contributed by atoms with E-state index in [1.165, 1.54) is 6.92 Å². The summed E-state index contributed by atoms with van der Waals surface area (Å²) in [4.78, 5) is 20.9. The summed E-state index contributed by atoms with van der Waals surface area (Å²) in [5.74, 6) is -2.53. The van der Waals surface area contributed by atoms with Crippen LogP contribution in [0.5, 0.6) is 0 Å². The standard InChI is InChI=1S/C22H22F6N4O4/c1-10-29-13(9-14(33)32-21(5-6-21)20(24)25)15(19-35-7-8-36-19)17(30-10)31-18(34)11-3-2-4-12(16(11)23)22(26,27)28/h2-4,18-20,34H,5-9H2,1H3,(H,32,33)(H,29,30,31). The van der Waals surface area contributed by atoms with E-state index in [2.05, 4.69) is 20.6 Å². The fourth-order valence-electron chi connectivity index (χ4n) is 3.85. The molecule has 1 saturated heterocycles. The van der Waals surface area contributed by atoms with Gasteiger partial charge in [-0.3, -0.25) is 4.79 Å². The number of halogens is 6. The number of nitrogens with zero attached hydrogens (tertiary/aromatic N) is 2. The number of aliphatic hydroxyl groups excluding tert-OH is 1. The van der Waals surface area contributed by atoms with Crippen molar-refractivity contribution in [3.63, 3.8) is 0 Å². The Kier molecular flexibility index (Phi) is 7.12. The molecule has 14 heteroatoms. The van der Waals surface area contributed by atoms with Crippen molar-refractivity contribution in [2.75, 3.05) is 18.5 Å². The van der Waals surface area contributed by atoms with Crippen LogP contribution in [-0.4, -0.2) is 46.2 Å². The number of aliphatic hydroxyl groups is 1. The molecule has 196 valence electrons. The molecule has 2 fully saturated rings. The quantitative estimate of drug-likeness (QED) is 0.361. The molecule has 0 bridgehead atoms. The summed E-state index contributed by atoms with van der Waals surface area (Å²) >= 11 is 0. The van der Waals surface area contributed by atoms with Gasteiger partial charge in [-0.15, -0.1) is 0 Å². The van der Waals surface area contributed by atoms with Crippen molar-refractivity contribution in [1.29, 1.82) is 0 Å². The molecule has 4 rings (SSSR count). The summed E-state index contributed by atoms with van der Waals surface area (Å²) in [5.41, 5.74) is -3.80. The number of rotatable bonds is 8. The van der Waals surface area contributed by atoms with Crippen LogP contribution in [0.1, 0.15) is 53.6 Å². The lowest BCUT2D eigenvalue weighted by atomic mass is 10.1. The van der Waals surface area contributed by atoms with Crippen LogP contribution in [-0.2, 0) is 26.9 Å². The van der Waals surface area contributed by atoms with Gasteiger partial charge in [0.05, 0.1) is 36.5 Å². The van der Waals surface area contributed by atoms with E-state index in [-0.39, 0.29) is 49.0 Å². The number of hydrogen-bond acceptors (Lipinski definition) is 7. The highest BCUT2D eigenvalue weighted by Gasteiger charge is 2.52. The van der Waals surface area contributed by atoms with Crippen molar-refractivity contribution in [2.45, 2.75) is 56.8 Å². The first kappa shape index (κ1) is 26.1. The van der Waals surface area contributed by atoms with Gasteiger partial charge < -0.3 is 25.2 Å². The van der Waals surface area contributed by atoms with Crippen molar-refractivity contribution in [3.05, 3.63) is 52.2 Å². The smallest absolute Gasteiger partial charge is 0.369 e. The van der Waals surface area contributed by atoms with Gasteiger partial charge in [0.1, 0.15) is 23.0 Å². The van der Waals surface area contributed by atoms with Crippen molar-refractivity contribution in [2.24, 2.45) is 0 Å². The van der Waals surface area contributed by atoms with Crippen molar-refractivity contribution >= 4 is 11.7 Å². The van der Waals surface area contributed by atoms with Crippen molar-refractivity contribution < 1.29 is 45.7 Å². The van der Waals surface area contributed by atoms with Gasteiger partial charge in [0.25, 0.3) is 6.43 Å². The molecular weight excluding hydrogens is 498 g/mol. The number of anilines is 1. The molecule has 1 saturated carbocycles. The molecule has 1 unspecified atom stereocenters. The molecule has 36 heavy (non-hydrogen) atoms. The second-order valence-electron chi connectivity index (χ2n) is 8.49. The second kappa shape index (κ2) is 9.82. The third kappa shape index (κ3) is 5.39. The Balaban J connectivity index is 1.66. The molecule has 1 aromatic heterocycles. The molecule has 8 nitrogen and oxygen atoms in total. The average Bonchev–Trinajstić information content (AvgIpc) is 3.35. The van der Waals surface area contributed by atoms with E-state index in [1.54, 1.807) is 0 Å². The Labute approximate surface area is 201 Å². The van der Waals surface area contributed by atoms with E-state index in [0.717, 1.165) is 12.1 Å². The van der Waals surface area contributed by atoms with Gasteiger partial charge in [0.15, 0.2) is 12.5 Å². The van der Waals surface area contributed by atoms with Gasteiger partial charge in [-0.1, -0.05) is 12.1 Å². The molecule has 1 amide bonds. The second-order valence-corrected chi connectivity index (χ2v) is 8.49. The zero-order valence-corrected chi connectivity index (χ0v) is 18.8. The van der Waals surface area contributed by atoms with E-state index >= 15 is 0 Å². The fourth-order valence-corrected chi connectivity index (χ4v) is 3.85. The average molecular weight is 520 g/mol. The Morgan fingerprint density at radius 2 is 1.89 bits per heavy atom. The maximum absolute atomic E-state index is 14.6. The lowest BCUT2D eigenvalue weighted by Gasteiger charge is -2.23. The minimum atomic E-state index is -4.99. The molecule has 2 aromatic rings. The number of hydrogen-bond donors (Lipinski definition) is 3. The zero-order valence-electron chi connectivity index (χ0n) is 18.8. The molecule has 0 radical (unpaired) electrons. The molecule has 1 aliphatic heterocycles. The Bertz CT molecular complexity index is 1140. The monoisotopic (exact) mass is 520 g/mol. The molecule has 1 aliphatic carbocycles. The molecule has 0 spiro atoms. The van der Waals surface area contributed by atoms with Crippen LogP contribution in [0.25, 0.3) is 0 Å². The first-order chi connectivity index (χ1) is 16.9. The van der Waals surface area contributed by atoms with Crippen molar-refractivity contribution in [1.82, 2.24) is 15.3 Å². The van der Waals surface area contributed by atoms with Gasteiger partial charge in [-0.2, -0.15) is 13.2 Å². The van der Waals surface area contributed by atoms with Crippen LogP contribution in [0.15, 0.2) is 18.2 Å². The maximum atomic E-state index is 14.6. The highest BCUT2D eigenvalue weighted by atomic mass is 19.4. The van der Waals surface area contributed by atoms with Gasteiger partial charge in [0.2, 0.25) is 5.91 Å². The summed E-state index contributed by atoms with van der Waals surface area (Å²) in [6.45, 7) is 1.75. The van der Waals surface area contributed by atoms with Crippen LogP contribution < -0.4 is 10.6 Å². The largest absolute Gasteiger partial charge is 0.419 e. The number of carbonyl (C=O) groups is 1. The number of nitrogens with one attached hydrogen (secondary N) is 2. The number of benzene rings is 1. The lowest BCUT2D eigenvalue weighted by molar-refractivity contribution is -0.140. The number of alkyl halides is 5. The van der Waals surface area contributed by atoms with Crippen LogP contribution >= 0.6 is 0 Å². The molecule has 2 aliphatic rings. The predicted octanol–water partition coefficient (Wildman–Crippen LogP) is 3.55. The Hall–Kier alpha value is -2.97. The van der Waals surface area contributed by atoms with E-state index in [4.69, 9.17) is 9.47 Å². The SMILES string of the molecule is Cc1nc(CC(=O)NC2(C(F)F)CC2)c(C2OCCO2)c(NC(O)c2cccc(C(F)(F)F)c2F)n1. The Morgan fingerprint density at radius 1 is 1.22 bits per heavy atom. The lowest BCUT2D eigenvalue weighted by Crippen LogP contribution is -2.43. The van der Waals surface area contributed by atoms with E-state index in [1.807, 2.05) is 0 Å². The molecule has 1 aromatic carbocycles. The first-order valence-corrected chi connectivity index (χ1v) is 10.9. The van der Waals surface area contributed by atoms with Gasteiger partial charge in [-0.05, 0) is 25.8 Å². The molecule has 1 atom stereocenters. The van der Waals surface area contributed by atoms with Crippen LogP contribution in [0.3, 0.4) is 0 Å². The topological polar surface area (TPSA) is 106 Å². The summed E-state index contributed by atoms with van der Waals surface area (Å²) in [5, 5.41) is 15.3. The molecular formula is C22H22F6N4O4. The van der Waals surface area contributed by atoms with Gasteiger partial charge in [-0.25, -0.2) is 23.1 Å². The summed E-state index contributed by atoms with van der Waals surface area (Å²) in [7, 11) is 0. The number of carbonyl (C=O) groups excluding carboxylic acids is 1. The van der Waals surface area contributed by atoms with E-state index in [9.17, 15) is 36.2 Å². The normalized spacial score (nSPS) is 18.4. The van der Waals surface area contributed by atoms with Crippen LogP contribution in [0, 0.1) is 12.7 Å². The number of ether oxygens (including phenoxy) is 2. The number of amides is 1. The zero-order chi connectivity index (χ0) is 26.3. The minimum absolute atomic E-state index is 0.0242. The number of aromatic nitrogens is 2. The Morgan fingerprint density at radius 3 is 2.47 bits per heavy atom. The van der Waals surface area contributed by atoms with E-state index < -0.39 is 59.9 Å². The van der Waals surface area contributed by atoms with Crippen LogP contribution in [0.4, 0.5) is 32.2 Å². The van der Waals surface area contributed by atoms with Crippen molar-refractivity contribution in [3.8, 4) is 0 Å². The fraction of sp³-hybridized carbons (Fsp3) is 0.500. The maximum Gasteiger partial charge on any atom is 0.419 e. The number of aryl methyl sites for hydroxylation is 1. The van der Waals surface area contributed by atoms with Gasteiger partial charge in [0, 0.05) is 5.56 Å². The molecule has 2 heterocycles. The predicted molar refractivity (Wildman–Crippen MR) is 111 cm³/mol. The minimum Gasteiger partial charge on any atom is -0.369 e. The highest BCUT2D eigenvalue weighted by Crippen LogP contribution is 2.41. The van der Waals surface area contributed by atoms with E-state index in [0.29, 0.717) is 6.07 Å². The first-order valence-electron chi connectivity index (χ1n) is 10.9.